The van der Waals surface area contributed by atoms with Crippen LogP contribution in [0.4, 0.5) is 0 Å². The summed E-state index contributed by atoms with van der Waals surface area (Å²) in [7, 11) is 0. The smallest absolute Gasteiger partial charge is 0.223 e. The molecule has 3 heterocycles. The lowest BCUT2D eigenvalue weighted by atomic mass is 10.0. The Balaban J connectivity index is 1.51. The number of H-pyrrole nitrogens is 1. The van der Waals surface area contributed by atoms with E-state index in [9.17, 15) is 9.90 Å². The number of aromatic nitrogens is 3. The van der Waals surface area contributed by atoms with Crippen LogP contribution in [0.25, 0.3) is 0 Å². The van der Waals surface area contributed by atoms with Gasteiger partial charge in [-0.15, -0.1) is 0 Å². The van der Waals surface area contributed by atoms with Crippen molar-refractivity contribution in [3.05, 3.63) is 34.4 Å². The number of carbonyl (C=O) groups is 1. The van der Waals surface area contributed by atoms with Crippen molar-refractivity contribution in [1.29, 1.82) is 0 Å². The zero-order chi connectivity index (χ0) is 16.4. The maximum atomic E-state index is 12.3. The van der Waals surface area contributed by atoms with Crippen molar-refractivity contribution in [1.82, 2.24) is 20.3 Å². The van der Waals surface area contributed by atoms with E-state index in [1.807, 2.05) is 13.0 Å². The van der Waals surface area contributed by atoms with Crippen LogP contribution in [0.5, 0.6) is 0 Å². The molecule has 1 saturated heterocycles. The van der Waals surface area contributed by atoms with Crippen LogP contribution < -0.4 is 0 Å². The number of likely N-dealkylation sites (tertiary alicyclic amines) is 1. The highest BCUT2D eigenvalue weighted by Gasteiger charge is 2.34. The van der Waals surface area contributed by atoms with Gasteiger partial charge < -0.3 is 14.5 Å². The van der Waals surface area contributed by atoms with Crippen molar-refractivity contribution in [2.75, 3.05) is 13.1 Å². The summed E-state index contributed by atoms with van der Waals surface area (Å²) in [6.45, 7) is 2.85. The number of rotatable bonds is 5. The Hall–Kier alpha value is -1.86. The first-order valence-corrected chi connectivity index (χ1v) is 7.97. The minimum atomic E-state index is -0.518. The van der Waals surface area contributed by atoms with E-state index in [-0.39, 0.29) is 11.8 Å². The van der Waals surface area contributed by atoms with Crippen LogP contribution in [0.1, 0.15) is 23.6 Å². The minimum absolute atomic E-state index is 0.00252. The van der Waals surface area contributed by atoms with Crippen LogP contribution in [0, 0.1) is 12.8 Å². The minimum Gasteiger partial charge on any atom is -0.391 e. The predicted octanol–water partition coefficient (Wildman–Crippen LogP) is 1.35. The van der Waals surface area contributed by atoms with Crippen molar-refractivity contribution in [3.8, 4) is 0 Å². The first kappa shape index (κ1) is 16.0. The average Bonchev–Trinajstić information content (AvgIpc) is 3.20. The molecule has 0 bridgehead atoms. The van der Waals surface area contributed by atoms with Gasteiger partial charge in [-0.2, -0.15) is 5.10 Å². The Morgan fingerprint density at radius 1 is 1.52 bits per heavy atom. The van der Waals surface area contributed by atoms with E-state index < -0.39 is 6.10 Å². The van der Waals surface area contributed by atoms with E-state index >= 15 is 0 Å². The Kier molecular flexibility index (Phi) is 4.68. The molecule has 3 rings (SSSR count). The maximum Gasteiger partial charge on any atom is 0.223 e. The van der Waals surface area contributed by atoms with Crippen molar-refractivity contribution in [3.63, 3.8) is 0 Å². The Morgan fingerprint density at radius 3 is 3.00 bits per heavy atom. The monoisotopic (exact) mass is 338 g/mol. The van der Waals surface area contributed by atoms with E-state index in [1.54, 1.807) is 11.0 Å². The number of aliphatic hydroxyl groups excluding tert-OH is 1. The van der Waals surface area contributed by atoms with Crippen molar-refractivity contribution >= 4 is 17.5 Å². The third kappa shape index (κ3) is 3.92. The fourth-order valence-electron chi connectivity index (χ4n) is 2.90. The quantitative estimate of drug-likeness (QED) is 0.858. The maximum absolute atomic E-state index is 12.3. The SMILES string of the molecule is Cc1cc(C[C@@H]2CN(C(=O)CCc3cc(Cl)no3)C[C@@H]2O)n[nH]1. The number of hydrogen-bond donors (Lipinski definition) is 2. The van der Waals surface area contributed by atoms with Crippen molar-refractivity contribution in [2.45, 2.75) is 32.3 Å². The third-order valence-corrected chi connectivity index (χ3v) is 4.28. The van der Waals surface area contributed by atoms with E-state index in [0.29, 0.717) is 43.3 Å². The second kappa shape index (κ2) is 6.72. The van der Waals surface area contributed by atoms with Gasteiger partial charge >= 0.3 is 0 Å². The molecule has 2 N–H and O–H groups in total. The highest BCUT2D eigenvalue weighted by atomic mass is 35.5. The Labute approximate surface area is 138 Å². The molecule has 1 aliphatic rings. The van der Waals surface area contributed by atoms with Crippen molar-refractivity contribution < 1.29 is 14.4 Å². The standard InChI is InChI=1S/C15H19ClN4O3/c1-9-4-11(18-17-9)5-10-7-20(8-13(10)21)15(22)3-2-12-6-14(16)19-23-12/h4,6,10,13,21H,2-3,5,7-8H2,1H3,(H,17,18)/t10-,13+/m1/s1. The molecule has 0 spiro atoms. The fourth-order valence-corrected chi connectivity index (χ4v) is 3.06. The largest absolute Gasteiger partial charge is 0.391 e. The van der Waals surface area contributed by atoms with Crippen LogP contribution >= 0.6 is 11.6 Å². The lowest BCUT2D eigenvalue weighted by Gasteiger charge is -2.15. The van der Waals surface area contributed by atoms with Gasteiger partial charge in [0.15, 0.2) is 5.15 Å². The number of amides is 1. The molecule has 0 aliphatic carbocycles. The molecular weight excluding hydrogens is 320 g/mol. The highest BCUT2D eigenvalue weighted by Crippen LogP contribution is 2.22. The van der Waals surface area contributed by atoms with Gasteiger partial charge in [0.1, 0.15) is 5.76 Å². The molecule has 7 nitrogen and oxygen atoms in total. The summed E-state index contributed by atoms with van der Waals surface area (Å²) in [6, 6.07) is 3.57. The molecule has 23 heavy (non-hydrogen) atoms. The predicted molar refractivity (Wildman–Crippen MR) is 82.9 cm³/mol. The summed E-state index contributed by atoms with van der Waals surface area (Å²) in [6.07, 6.45) is 0.907. The van der Waals surface area contributed by atoms with Crippen molar-refractivity contribution in [2.24, 2.45) is 5.92 Å². The highest BCUT2D eigenvalue weighted by molar-refractivity contribution is 6.29. The lowest BCUT2D eigenvalue weighted by Crippen LogP contribution is -2.29. The number of aromatic amines is 1. The number of aliphatic hydroxyl groups is 1. The fraction of sp³-hybridized carbons (Fsp3) is 0.533. The molecule has 2 aromatic rings. The number of nitrogens with one attached hydrogen (secondary N) is 1. The number of halogens is 1. The average molecular weight is 339 g/mol. The topological polar surface area (TPSA) is 95.2 Å². The van der Waals surface area contributed by atoms with E-state index in [0.717, 1.165) is 11.4 Å². The van der Waals surface area contributed by atoms with Gasteiger partial charge in [0.25, 0.3) is 0 Å². The molecule has 0 saturated carbocycles. The van der Waals surface area contributed by atoms with Crippen LogP contribution in [0.3, 0.4) is 0 Å². The normalized spacial score (nSPS) is 21.1. The van der Waals surface area contributed by atoms with Gasteiger partial charge in [0.2, 0.25) is 5.91 Å². The Bertz CT molecular complexity index is 684. The molecule has 124 valence electrons. The summed E-state index contributed by atoms with van der Waals surface area (Å²) >= 11 is 5.68. The van der Waals surface area contributed by atoms with Crippen LogP contribution in [-0.4, -0.2) is 50.5 Å². The molecule has 0 aromatic carbocycles. The molecule has 8 heteroatoms. The molecule has 0 radical (unpaired) electrons. The zero-order valence-electron chi connectivity index (χ0n) is 12.8. The van der Waals surface area contributed by atoms with E-state index in [2.05, 4.69) is 15.4 Å². The number of aryl methyl sites for hydroxylation is 2. The zero-order valence-corrected chi connectivity index (χ0v) is 13.6. The lowest BCUT2D eigenvalue weighted by molar-refractivity contribution is -0.130. The molecular formula is C15H19ClN4O3. The first-order valence-electron chi connectivity index (χ1n) is 7.59. The van der Waals surface area contributed by atoms with Gasteiger partial charge in [0, 0.05) is 43.6 Å². The van der Waals surface area contributed by atoms with Gasteiger partial charge in [-0.3, -0.25) is 9.89 Å². The van der Waals surface area contributed by atoms with Crippen LogP contribution in [-0.2, 0) is 17.6 Å². The second-order valence-electron chi connectivity index (χ2n) is 5.99. The number of β-amino-alcohol motifs (C(OH)–C–C–N with tert-alkyl or cyclic N) is 1. The third-order valence-electron chi connectivity index (χ3n) is 4.10. The first-order chi connectivity index (χ1) is 11.0. The number of carbonyl (C=O) groups excluding carboxylic acids is 1. The molecule has 2 aromatic heterocycles. The van der Waals surface area contributed by atoms with Crippen LogP contribution in [0.2, 0.25) is 5.15 Å². The summed E-state index contributed by atoms with van der Waals surface area (Å²) < 4.78 is 4.99. The molecule has 1 aliphatic heterocycles. The van der Waals surface area contributed by atoms with Gasteiger partial charge in [-0.1, -0.05) is 16.8 Å². The van der Waals surface area contributed by atoms with Gasteiger partial charge in [-0.25, -0.2) is 0 Å². The van der Waals surface area contributed by atoms with E-state index in [4.69, 9.17) is 16.1 Å². The molecule has 1 amide bonds. The number of nitrogens with zero attached hydrogens (tertiary/aromatic N) is 3. The van der Waals surface area contributed by atoms with Gasteiger partial charge in [-0.05, 0) is 19.4 Å². The number of hydrogen-bond acceptors (Lipinski definition) is 5. The Morgan fingerprint density at radius 2 is 2.35 bits per heavy atom. The van der Waals surface area contributed by atoms with E-state index in [1.165, 1.54) is 0 Å². The summed E-state index contributed by atoms with van der Waals surface area (Å²) in [4.78, 5) is 14.0. The molecule has 1 fully saturated rings. The van der Waals surface area contributed by atoms with Crippen LogP contribution in [0.15, 0.2) is 16.7 Å². The molecule has 0 unspecified atom stereocenters. The second-order valence-corrected chi connectivity index (χ2v) is 6.38. The molecule has 2 atom stereocenters. The van der Waals surface area contributed by atoms with Gasteiger partial charge in [0.05, 0.1) is 11.8 Å². The summed E-state index contributed by atoms with van der Waals surface area (Å²) in [5.74, 6) is 0.602. The summed E-state index contributed by atoms with van der Waals surface area (Å²) in [5.41, 5.74) is 1.91. The summed E-state index contributed by atoms with van der Waals surface area (Å²) in [5, 5.41) is 21.1.